The standard InChI is InChI=1S/C10H14N2S/c1-4-5-6-11-7-10-12-8(2)9(3)13-10/h1,11H,5-7H2,2-3H3. The van der Waals surface area contributed by atoms with Crippen LogP contribution in [0.3, 0.4) is 0 Å². The predicted molar refractivity (Wildman–Crippen MR) is 56.7 cm³/mol. The summed E-state index contributed by atoms with van der Waals surface area (Å²) in [4.78, 5) is 5.71. The Morgan fingerprint density at radius 2 is 2.31 bits per heavy atom. The van der Waals surface area contributed by atoms with Crippen LogP contribution in [0.5, 0.6) is 0 Å². The Labute approximate surface area is 83.4 Å². The van der Waals surface area contributed by atoms with Crippen LogP contribution < -0.4 is 5.32 Å². The molecule has 1 N–H and O–H groups in total. The van der Waals surface area contributed by atoms with Crippen molar-refractivity contribution in [3.8, 4) is 12.3 Å². The zero-order chi connectivity index (χ0) is 9.68. The molecule has 70 valence electrons. The minimum absolute atomic E-state index is 0.781. The zero-order valence-electron chi connectivity index (χ0n) is 8.05. The summed E-state index contributed by atoms with van der Waals surface area (Å²) in [5.41, 5.74) is 1.14. The molecule has 0 radical (unpaired) electrons. The number of nitrogens with zero attached hydrogens (tertiary/aromatic N) is 1. The van der Waals surface area contributed by atoms with E-state index in [1.54, 1.807) is 11.3 Å². The normalized spacial score (nSPS) is 9.92. The molecule has 0 aliphatic carbocycles. The summed E-state index contributed by atoms with van der Waals surface area (Å²) in [6.45, 7) is 5.84. The second-order valence-corrected chi connectivity index (χ2v) is 4.17. The summed E-state index contributed by atoms with van der Waals surface area (Å²) in [6.07, 6.45) is 5.91. The molecule has 0 amide bonds. The van der Waals surface area contributed by atoms with Gasteiger partial charge in [-0.25, -0.2) is 4.98 Å². The quantitative estimate of drug-likeness (QED) is 0.584. The van der Waals surface area contributed by atoms with E-state index in [4.69, 9.17) is 6.42 Å². The van der Waals surface area contributed by atoms with E-state index in [0.29, 0.717) is 0 Å². The first-order valence-electron chi connectivity index (χ1n) is 4.31. The third-order valence-corrected chi connectivity index (χ3v) is 2.87. The lowest BCUT2D eigenvalue weighted by atomic mass is 10.4. The molecule has 0 unspecified atom stereocenters. The zero-order valence-corrected chi connectivity index (χ0v) is 8.87. The molecule has 2 nitrogen and oxygen atoms in total. The van der Waals surface area contributed by atoms with E-state index in [0.717, 1.165) is 30.2 Å². The van der Waals surface area contributed by atoms with Gasteiger partial charge in [-0.05, 0) is 13.8 Å². The maximum atomic E-state index is 5.13. The minimum Gasteiger partial charge on any atom is -0.310 e. The highest BCUT2D eigenvalue weighted by atomic mass is 32.1. The fourth-order valence-corrected chi connectivity index (χ4v) is 1.87. The number of nitrogens with one attached hydrogen (secondary N) is 1. The number of hydrogen-bond acceptors (Lipinski definition) is 3. The second-order valence-electron chi connectivity index (χ2n) is 2.88. The van der Waals surface area contributed by atoms with E-state index in [1.807, 2.05) is 6.92 Å². The summed E-state index contributed by atoms with van der Waals surface area (Å²) in [5.74, 6) is 2.59. The fraction of sp³-hybridized carbons (Fsp3) is 0.500. The first-order valence-corrected chi connectivity index (χ1v) is 5.12. The van der Waals surface area contributed by atoms with Crippen molar-refractivity contribution in [1.82, 2.24) is 10.3 Å². The molecule has 0 spiro atoms. The maximum Gasteiger partial charge on any atom is 0.107 e. The number of terminal acetylenes is 1. The Bertz CT molecular complexity index is 290. The number of aryl methyl sites for hydroxylation is 2. The second kappa shape index (κ2) is 5.00. The molecule has 0 aromatic carbocycles. The number of aromatic nitrogens is 1. The summed E-state index contributed by atoms with van der Waals surface area (Å²) in [5, 5.41) is 4.39. The number of hydrogen-bond donors (Lipinski definition) is 1. The molecule has 0 saturated heterocycles. The van der Waals surface area contributed by atoms with Crippen molar-refractivity contribution in [2.24, 2.45) is 0 Å². The van der Waals surface area contributed by atoms with Crippen molar-refractivity contribution in [2.75, 3.05) is 6.54 Å². The first kappa shape index (κ1) is 10.2. The topological polar surface area (TPSA) is 24.9 Å². The van der Waals surface area contributed by atoms with Gasteiger partial charge in [0.2, 0.25) is 0 Å². The summed E-state index contributed by atoms with van der Waals surface area (Å²) < 4.78 is 0. The van der Waals surface area contributed by atoms with Gasteiger partial charge in [0.15, 0.2) is 0 Å². The molecule has 0 aliphatic rings. The molecule has 3 heteroatoms. The van der Waals surface area contributed by atoms with Gasteiger partial charge in [-0.15, -0.1) is 23.7 Å². The Hall–Kier alpha value is -0.850. The van der Waals surface area contributed by atoms with E-state index in [9.17, 15) is 0 Å². The van der Waals surface area contributed by atoms with E-state index in [2.05, 4.69) is 23.1 Å². The summed E-state index contributed by atoms with van der Waals surface area (Å²) in [6, 6.07) is 0. The average molecular weight is 194 g/mol. The number of rotatable bonds is 4. The van der Waals surface area contributed by atoms with Gasteiger partial charge in [-0.1, -0.05) is 0 Å². The van der Waals surface area contributed by atoms with Gasteiger partial charge in [-0.3, -0.25) is 0 Å². The van der Waals surface area contributed by atoms with Crippen molar-refractivity contribution in [3.63, 3.8) is 0 Å². The van der Waals surface area contributed by atoms with Crippen molar-refractivity contribution >= 4 is 11.3 Å². The lowest BCUT2D eigenvalue weighted by Crippen LogP contribution is -2.13. The predicted octanol–water partition coefficient (Wildman–Crippen LogP) is 1.87. The molecule has 1 heterocycles. The van der Waals surface area contributed by atoms with Crippen molar-refractivity contribution < 1.29 is 0 Å². The van der Waals surface area contributed by atoms with Crippen LogP contribution in [0, 0.1) is 26.2 Å². The Kier molecular flexibility index (Phi) is 3.94. The monoisotopic (exact) mass is 194 g/mol. The van der Waals surface area contributed by atoms with Gasteiger partial charge in [0.1, 0.15) is 5.01 Å². The van der Waals surface area contributed by atoms with E-state index < -0.39 is 0 Å². The van der Waals surface area contributed by atoms with Crippen LogP contribution in [0.15, 0.2) is 0 Å². The number of thiazole rings is 1. The average Bonchev–Trinajstić information content (AvgIpc) is 2.41. The summed E-state index contributed by atoms with van der Waals surface area (Å²) >= 11 is 1.75. The highest BCUT2D eigenvalue weighted by Gasteiger charge is 2.01. The molecule has 1 aromatic heterocycles. The van der Waals surface area contributed by atoms with Gasteiger partial charge in [0.05, 0.1) is 5.69 Å². The third kappa shape index (κ3) is 3.17. The van der Waals surface area contributed by atoms with Crippen LogP contribution >= 0.6 is 11.3 Å². The van der Waals surface area contributed by atoms with E-state index in [1.165, 1.54) is 4.88 Å². The summed E-state index contributed by atoms with van der Waals surface area (Å²) in [7, 11) is 0. The van der Waals surface area contributed by atoms with Gasteiger partial charge in [0.25, 0.3) is 0 Å². The van der Waals surface area contributed by atoms with Crippen molar-refractivity contribution in [3.05, 3.63) is 15.6 Å². The minimum atomic E-state index is 0.781. The molecule has 1 aromatic rings. The fourth-order valence-electron chi connectivity index (χ4n) is 0.971. The van der Waals surface area contributed by atoms with Crippen molar-refractivity contribution in [2.45, 2.75) is 26.8 Å². The Morgan fingerprint density at radius 1 is 1.54 bits per heavy atom. The van der Waals surface area contributed by atoms with Crippen LogP contribution in [-0.2, 0) is 6.54 Å². The molecule has 0 bridgehead atoms. The van der Waals surface area contributed by atoms with Crippen LogP contribution in [0.1, 0.15) is 22.0 Å². The van der Waals surface area contributed by atoms with Gasteiger partial charge in [-0.2, -0.15) is 0 Å². The van der Waals surface area contributed by atoms with Crippen LogP contribution in [0.4, 0.5) is 0 Å². The van der Waals surface area contributed by atoms with Crippen LogP contribution in [0.25, 0.3) is 0 Å². The van der Waals surface area contributed by atoms with Crippen molar-refractivity contribution in [1.29, 1.82) is 0 Å². The first-order chi connectivity index (χ1) is 6.24. The van der Waals surface area contributed by atoms with Crippen LogP contribution in [-0.4, -0.2) is 11.5 Å². The molecule has 0 fully saturated rings. The highest BCUT2D eigenvalue weighted by molar-refractivity contribution is 7.11. The van der Waals surface area contributed by atoms with Gasteiger partial charge < -0.3 is 5.32 Å². The molecular formula is C10H14N2S. The highest BCUT2D eigenvalue weighted by Crippen LogP contribution is 2.15. The molecule has 1 rings (SSSR count). The maximum absolute atomic E-state index is 5.13. The molecule has 13 heavy (non-hydrogen) atoms. The van der Waals surface area contributed by atoms with E-state index in [-0.39, 0.29) is 0 Å². The SMILES string of the molecule is C#CCCNCc1nc(C)c(C)s1. The third-order valence-electron chi connectivity index (χ3n) is 1.80. The van der Waals surface area contributed by atoms with Crippen LogP contribution in [0.2, 0.25) is 0 Å². The van der Waals surface area contributed by atoms with Gasteiger partial charge in [0, 0.05) is 24.4 Å². The molecule has 0 atom stereocenters. The molecule has 0 saturated carbocycles. The lowest BCUT2D eigenvalue weighted by Gasteiger charge is -1.96. The smallest absolute Gasteiger partial charge is 0.107 e. The molecular weight excluding hydrogens is 180 g/mol. The largest absolute Gasteiger partial charge is 0.310 e. The van der Waals surface area contributed by atoms with E-state index >= 15 is 0 Å². The Balaban J connectivity index is 2.34. The van der Waals surface area contributed by atoms with Gasteiger partial charge >= 0.3 is 0 Å². The lowest BCUT2D eigenvalue weighted by molar-refractivity contribution is 0.697. The molecule has 0 aliphatic heterocycles. The Morgan fingerprint density at radius 3 is 2.85 bits per heavy atom.